The molecule has 6 nitrogen and oxygen atoms in total. The van der Waals surface area contributed by atoms with Crippen molar-refractivity contribution in [2.75, 3.05) is 7.11 Å². The van der Waals surface area contributed by atoms with Crippen LogP contribution in [0.1, 0.15) is 23.2 Å². The van der Waals surface area contributed by atoms with E-state index in [4.69, 9.17) is 5.11 Å². The second-order valence-corrected chi connectivity index (χ2v) is 5.05. The summed E-state index contributed by atoms with van der Waals surface area (Å²) in [5.41, 5.74) is -0.0220. The lowest BCUT2D eigenvalue weighted by Gasteiger charge is -2.14. The average Bonchev–Trinajstić information content (AvgIpc) is 2.41. The number of aliphatic carboxylic acids is 1. The smallest absolute Gasteiger partial charge is 0.326 e. The molecule has 1 amide bonds. The number of methoxy groups -OCH3 is 1. The van der Waals surface area contributed by atoms with Crippen molar-refractivity contribution < 1.29 is 28.6 Å². The third-order valence-corrected chi connectivity index (χ3v) is 3.05. The van der Waals surface area contributed by atoms with Crippen molar-refractivity contribution in [1.82, 2.24) is 5.32 Å². The van der Waals surface area contributed by atoms with Crippen molar-refractivity contribution in [3.8, 4) is 0 Å². The van der Waals surface area contributed by atoms with Crippen LogP contribution >= 0.6 is 15.9 Å². The number of carbonyl (C=O) groups excluding carboxylic acids is 2. The largest absolute Gasteiger partial charge is 0.480 e. The van der Waals surface area contributed by atoms with Crippen LogP contribution in [-0.4, -0.2) is 36.1 Å². The van der Waals surface area contributed by atoms with Gasteiger partial charge in [0, 0.05) is 16.5 Å². The van der Waals surface area contributed by atoms with Crippen LogP contribution in [0.15, 0.2) is 22.7 Å². The lowest BCUT2D eigenvalue weighted by atomic mass is 10.1. The summed E-state index contributed by atoms with van der Waals surface area (Å²) in [6, 6.07) is 2.25. The predicted molar refractivity (Wildman–Crippen MR) is 74.2 cm³/mol. The molecule has 1 atom stereocenters. The molecule has 0 unspecified atom stereocenters. The Morgan fingerprint density at radius 1 is 1.38 bits per heavy atom. The van der Waals surface area contributed by atoms with E-state index in [1.54, 1.807) is 0 Å². The van der Waals surface area contributed by atoms with Crippen molar-refractivity contribution in [2.24, 2.45) is 0 Å². The van der Waals surface area contributed by atoms with Gasteiger partial charge >= 0.3 is 11.9 Å². The number of hydrogen-bond donors (Lipinski definition) is 2. The van der Waals surface area contributed by atoms with Crippen molar-refractivity contribution in [2.45, 2.75) is 18.9 Å². The van der Waals surface area contributed by atoms with Gasteiger partial charge in [-0.15, -0.1) is 0 Å². The number of carboxylic acid groups (broad SMARTS) is 1. The number of amides is 1. The lowest BCUT2D eigenvalue weighted by Crippen LogP contribution is -2.41. The van der Waals surface area contributed by atoms with Gasteiger partial charge in [0.1, 0.15) is 11.9 Å². The second kappa shape index (κ2) is 7.72. The molecule has 2 N–H and O–H groups in total. The molecule has 0 spiro atoms. The maximum Gasteiger partial charge on any atom is 0.326 e. The van der Waals surface area contributed by atoms with Gasteiger partial charge in [0.25, 0.3) is 5.91 Å². The highest BCUT2D eigenvalue weighted by molar-refractivity contribution is 9.10. The van der Waals surface area contributed by atoms with Crippen molar-refractivity contribution in [1.29, 1.82) is 0 Å². The monoisotopic (exact) mass is 361 g/mol. The van der Waals surface area contributed by atoms with E-state index in [1.807, 2.05) is 0 Å². The van der Waals surface area contributed by atoms with Gasteiger partial charge in [-0.05, 0) is 24.6 Å². The summed E-state index contributed by atoms with van der Waals surface area (Å²) in [6.45, 7) is 0. The zero-order valence-electron chi connectivity index (χ0n) is 11.1. The summed E-state index contributed by atoms with van der Waals surface area (Å²) >= 11 is 3.04. The molecular formula is C13H13BrFNO5. The lowest BCUT2D eigenvalue weighted by molar-refractivity contribution is -0.142. The van der Waals surface area contributed by atoms with Crippen LogP contribution in [0.3, 0.4) is 0 Å². The maximum atomic E-state index is 13.2. The van der Waals surface area contributed by atoms with Crippen LogP contribution in [0.5, 0.6) is 0 Å². The van der Waals surface area contributed by atoms with Crippen LogP contribution < -0.4 is 5.32 Å². The van der Waals surface area contributed by atoms with E-state index >= 15 is 0 Å². The number of hydrogen-bond acceptors (Lipinski definition) is 4. The molecule has 1 rings (SSSR count). The number of esters is 1. The molecular weight excluding hydrogens is 349 g/mol. The Hall–Kier alpha value is -1.96. The molecule has 114 valence electrons. The summed E-state index contributed by atoms with van der Waals surface area (Å²) in [5, 5.41) is 11.2. The average molecular weight is 362 g/mol. The molecule has 0 aromatic heterocycles. The zero-order chi connectivity index (χ0) is 16.0. The molecule has 0 radical (unpaired) electrons. The Balaban J connectivity index is 2.76. The molecule has 1 aromatic carbocycles. The fourth-order valence-corrected chi connectivity index (χ4v) is 2.01. The van der Waals surface area contributed by atoms with E-state index in [0.29, 0.717) is 4.47 Å². The number of halogens is 2. The minimum Gasteiger partial charge on any atom is -0.480 e. The first-order valence-electron chi connectivity index (χ1n) is 5.90. The van der Waals surface area contributed by atoms with Gasteiger partial charge in [-0.3, -0.25) is 9.59 Å². The normalized spacial score (nSPS) is 11.6. The summed E-state index contributed by atoms with van der Waals surface area (Å²) in [6.07, 6.45) is -0.273. The Labute approximate surface area is 128 Å². The molecule has 0 bridgehead atoms. The van der Waals surface area contributed by atoms with Gasteiger partial charge in [-0.25, -0.2) is 9.18 Å². The first-order valence-corrected chi connectivity index (χ1v) is 6.69. The molecule has 8 heteroatoms. The van der Waals surface area contributed by atoms with E-state index in [-0.39, 0.29) is 18.4 Å². The van der Waals surface area contributed by atoms with Crippen LogP contribution in [-0.2, 0) is 14.3 Å². The topological polar surface area (TPSA) is 92.7 Å². The van der Waals surface area contributed by atoms with E-state index < -0.39 is 29.7 Å². The molecule has 0 heterocycles. The highest BCUT2D eigenvalue weighted by Crippen LogP contribution is 2.15. The first kappa shape index (κ1) is 17.1. The number of carbonyl (C=O) groups is 3. The second-order valence-electron chi connectivity index (χ2n) is 4.14. The SMILES string of the molecule is COC(=O)CC[C@H](NC(=O)c1cc(F)cc(Br)c1)C(=O)O. The standard InChI is InChI=1S/C13H13BrFNO5/c1-21-11(17)3-2-10(13(19)20)16-12(18)7-4-8(14)6-9(15)5-7/h4-6,10H,2-3H2,1H3,(H,16,18)(H,19,20)/t10-/m0/s1. The molecule has 21 heavy (non-hydrogen) atoms. The minimum atomic E-state index is -1.29. The number of ether oxygens (including phenoxy) is 1. The van der Waals surface area contributed by atoms with Crippen LogP contribution in [0.4, 0.5) is 4.39 Å². The highest BCUT2D eigenvalue weighted by Gasteiger charge is 2.22. The first-order chi connectivity index (χ1) is 9.83. The van der Waals surface area contributed by atoms with Crippen molar-refractivity contribution in [3.05, 3.63) is 34.1 Å². The van der Waals surface area contributed by atoms with Gasteiger partial charge in [-0.1, -0.05) is 15.9 Å². The Bertz CT molecular complexity index is 543. The van der Waals surface area contributed by atoms with Crippen molar-refractivity contribution >= 4 is 33.8 Å². The molecule has 0 aliphatic heterocycles. The van der Waals surface area contributed by atoms with E-state index in [2.05, 4.69) is 26.0 Å². The molecule has 0 fully saturated rings. The summed E-state index contributed by atoms with van der Waals surface area (Å²) in [5.74, 6) is -3.24. The fourth-order valence-electron chi connectivity index (χ4n) is 1.55. The number of benzene rings is 1. The molecule has 0 saturated carbocycles. The number of carboxylic acids is 1. The molecule has 0 saturated heterocycles. The zero-order valence-corrected chi connectivity index (χ0v) is 12.6. The molecule has 0 aliphatic rings. The third kappa shape index (κ3) is 5.50. The summed E-state index contributed by atoms with van der Waals surface area (Å²) < 4.78 is 18.0. The quantitative estimate of drug-likeness (QED) is 0.752. The summed E-state index contributed by atoms with van der Waals surface area (Å²) in [7, 11) is 1.18. The Kier molecular flexibility index (Phi) is 6.29. The Morgan fingerprint density at radius 2 is 2.05 bits per heavy atom. The fraction of sp³-hybridized carbons (Fsp3) is 0.308. The van der Waals surface area contributed by atoms with E-state index in [0.717, 1.165) is 6.07 Å². The van der Waals surface area contributed by atoms with Crippen LogP contribution in [0.25, 0.3) is 0 Å². The Morgan fingerprint density at radius 3 is 2.57 bits per heavy atom. The van der Waals surface area contributed by atoms with Crippen molar-refractivity contribution in [3.63, 3.8) is 0 Å². The van der Waals surface area contributed by atoms with E-state index in [1.165, 1.54) is 19.2 Å². The van der Waals surface area contributed by atoms with Gasteiger partial charge in [0.15, 0.2) is 0 Å². The maximum absolute atomic E-state index is 13.2. The van der Waals surface area contributed by atoms with E-state index in [9.17, 15) is 18.8 Å². The van der Waals surface area contributed by atoms with Gasteiger partial charge in [0.05, 0.1) is 7.11 Å². The third-order valence-electron chi connectivity index (χ3n) is 2.59. The van der Waals surface area contributed by atoms with Gasteiger partial charge in [0.2, 0.25) is 0 Å². The highest BCUT2D eigenvalue weighted by atomic mass is 79.9. The number of rotatable bonds is 6. The number of nitrogens with one attached hydrogen (secondary N) is 1. The van der Waals surface area contributed by atoms with Gasteiger partial charge < -0.3 is 15.2 Å². The summed E-state index contributed by atoms with van der Waals surface area (Å²) in [4.78, 5) is 34.0. The molecule has 0 aliphatic carbocycles. The predicted octanol–water partition coefficient (Wildman–Crippen LogP) is 1.72. The van der Waals surface area contributed by atoms with Crippen LogP contribution in [0.2, 0.25) is 0 Å². The van der Waals surface area contributed by atoms with Gasteiger partial charge in [-0.2, -0.15) is 0 Å². The molecule has 1 aromatic rings. The van der Waals surface area contributed by atoms with Crippen LogP contribution in [0, 0.1) is 5.82 Å². The minimum absolute atomic E-state index is 0.0220.